The Labute approximate surface area is 116 Å². The van der Waals surface area contributed by atoms with Crippen molar-refractivity contribution in [3.05, 3.63) is 35.9 Å². The van der Waals surface area contributed by atoms with Crippen LogP contribution in [0.5, 0.6) is 0 Å². The van der Waals surface area contributed by atoms with E-state index in [9.17, 15) is 0 Å². The van der Waals surface area contributed by atoms with Crippen molar-refractivity contribution in [1.82, 2.24) is 4.90 Å². The van der Waals surface area contributed by atoms with Crippen LogP contribution in [-0.4, -0.2) is 37.0 Å². The fourth-order valence-corrected chi connectivity index (χ4v) is 2.46. The molecule has 0 fully saturated rings. The van der Waals surface area contributed by atoms with Crippen LogP contribution in [-0.2, 0) is 0 Å². The van der Waals surface area contributed by atoms with Gasteiger partial charge in [-0.25, -0.2) is 0 Å². The van der Waals surface area contributed by atoms with Gasteiger partial charge in [-0.2, -0.15) is 11.8 Å². The summed E-state index contributed by atoms with van der Waals surface area (Å²) < 4.78 is 0. The second-order valence-electron chi connectivity index (χ2n) is 4.81. The van der Waals surface area contributed by atoms with Crippen molar-refractivity contribution in [2.24, 2.45) is 5.73 Å². The summed E-state index contributed by atoms with van der Waals surface area (Å²) in [6.45, 7) is 2.34. The summed E-state index contributed by atoms with van der Waals surface area (Å²) >= 11 is 1.92. The number of rotatable bonds is 9. The lowest BCUT2D eigenvalue weighted by atomic mass is 10.0. The molecule has 1 rings (SSSR count). The number of thioether (sulfide) groups is 1. The second-order valence-corrected chi connectivity index (χ2v) is 5.79. The molecule has 0 amide bonds. The lowest BCUT2D eigenvalue weighted by Crippen LogP contribution is -2.22. The molecule has 1 unspecified atom stereocenters. The highest BCUT2D eigenvalue weighted by Crippen LogP contribution is 2.15. The van der Waals surface area contributed by atoms with Crippen molar-refractivity contribution < 1.29 is 0 Å². The molecule has 0 spiro atoms. The van der Waals surface area contributed by atoms with E-state index in [0.29, 0.717) is 0 Å². The molecule has 0 aliphatic heterocycles. The number of nitrogens with two attached hydrogens (primary N) is 1. The van der Waals surface area contributed by atoms with Crippen molar-refractivity contribution in [2.75, 3.05) is 32.1 Å². The molecule has 0 aliphatic carbocycles. The molecule has 2 nitrogen and oxygen atoms in total. The minimum atomic E-state index is 0.186. The summed E-state index contributed by atoms with van der Waals surface area (Å²) in [4.78, 5) is 2.41. The summed E-state index contributed by atoms with van der Waals surface area (Å²) in [5.41, 5.74) is 7.43. The van der Waals surface area contributed by atoms with E-state index in [2.05, 4.69) is 42.5 Å². The predicted octanol–water partition coefficient (Wildman–Crippen LogP) is 3.15. The third kappa shape index (κ3) is 6.43. The van der Waals surface area contributed by atoms with Gasteiger partial charge in [0.15, 0.2) is 0 Å². The first-order valence-corrected chi connectivity index (χ1v) is 8.11. The van der Waals surface area contributed by atoms with Gasteiger partial charge < -0.3 is 10.6 Å². The number of hydrogen-bond donors (Lipinski definition) is 1. The predicted molar refractivity (Wildman–Crippen MR) is 83.1 cm³/mol. The van der Waals surface area contributed by atoms with Crippen LogP contribution in [0.2, 0.25) is 0 Å². The number of benzene rings is 1. The van der Waals surface area contributed by atoms with Crippen LogP contribution < -0.4 is 5.73 Å². The zero-order valence-corrected chi connectivity index (χ0v) is 12.5. The Morgan fingerprint density at radius 3 is 2.50 bits per heavy atom. The van der Waals surface area contributed by atoms with E-state index in [-0.39, 0.29) is 6.04 Å². The topological polar surface area (TPSA) is 29.3 Å². The Balaban J connectivity index is 2.13. The van der Waals surface area contributed by atoms with Crippen LogP contribution >= 0.6 is 11.8 Å². The maximum Gasteiger partial charge on any atom is 0.0295 e. The molecule has 0 saturated heterocycles. The van der Waals surface area contributed by atoms with Gasteiger partial charge in [-0.1, -0.05) is 30.3 Å². The Morgan fingerprint density at radius 2 is 1.83 bits per heavy atom. The molecular weight excluding hydrogens is 240 g/mol. The fourth-order valence-electron chi connectivity index (χ4n) is 2.04. The van der Waals surface area contributed by atoms with Gasteiger partial charge in [-0.3, -0.25) is 0 Å². The minimum Gasteiger partial charge on any atom is -0.324 e. The lowest BCUT2D eigenvalue weighted by Gasteiger charge is -2.18. The first-order valence-electron chi connectivity index (χ1n) is 6.72. The van der Waals surface area contributed by atoms with Crippen molar-refractivity contribution in [3.8, 4) is 0 Å². The number of nitrogens with zero attached hydrogens (tertiary/aromatic N) is 1. The highest BCUT2D eigenvalue weighted by atomic mass is 32.2. The van der Waals surface area contributed by atoms with Gasteiger partial charge in [-0.15, -0.1) is 0 Å². The lowest BCUT2D eigenvalue weighted by molar-refractivity contribution is 0.323. The first-order chi connectivity index (χ1) is 8.74. The van der Waals surface area contributed by atoms with Gasteiger partial charge in [0.05, 0.1) is 0 Å². The quantitative estimate of drug-likeness (QED) is 0.696. The highest BCUT2D eigenvalue weighted by Gasteiger charge is 2.05. The van der Waals surface area contributed by atoms with Crippen molar-refractivity contribution in [1.29, 1.82) is 0 Å². The van der Waals surface area contributed by atoms with E-state index in [0.717, 1.165) is 13.0 Å². The normalized spacial score (nSPS) is 12.9. The maximum absolute atomic E-state index is 6.18. The Bertz CT molecular complexity index is 303. The van der Waals surface area contributed by atoms with Gasteiger partial charge in [-0.05, 0) is 57.0 Å². The van der Waals surface area contributed by atoms with Crippen LogP contribution in [0.3, 0.4) is 0 Å². The average Bonchev–Trinajstić information content (AvgIpc) is 2.40. The molecule has 0 bridgehead atoms. The van der Waals surface area contributed by atoms with E-state index in [1.54, 1.807) is 0 Å². The van der Waals surface area contributed by atoms with Crippen LogP contribution in [0.15, 0.2) is 30.3 Å². The van der Waals surface area contributed by atoms with Gasteiger partial charge in [0.25, 0.3) is 0 Å². The Hall–Kier alpha value is -0.510. The van der Waals surface area contributed by atoms with Gasteiger partial charge in [0.2, 0.25) is 0 Å². The van der Waals surface area contributed by atoms with E-state index in [4.69, 9.17) is 5.73 Å². The molecule has 2 N–H and O–H groups in total. The van der Waals surface area contributed by atoms with E-state index in [1.807, 2.05) is 17.8 Å². The largest absolute Gasteiger partial charge is 0.324 e. The molecule has 1 aromatic carbocycles. The Morgan fingerprint density at radius 1 is 1.17 bits per heavy atom. The molecule has 0 heterocycles. The van der Waals surface area contributed by atoms with Crippen molar-refractivity contribution in [3.63, 3.8) is 0 Å². The maximum atomic E-state index is 6.18. The summed E-state index contributed by atoms with van der Waals surface area (Å²) in [6.07, 6.45) is 5.68. The monoisotopic (exact) mass is 266 g/mol. The van der Waals surface area contributed by atoms with E-state index in [1.165, 1.54) is 30.7 Å². The molecule has 102 valence electrons. The summed E-state index contributed by atoms with van der Waals surface area (Å²) in [7, 11) is 2.20. The third-order valence-corrected chi connectivity index (χ3v) is 3.87. The van der Waals surface area contributed by atoms with Gasteiger partial charge in [0.1, 0.15) is 0 Å². The zero-order valence-electron chi connectivity index (χ0n) is 11.6. The highest BCUT2D eigenvalue weighted by molar-refractivity contribution is 7.98. The van der Waals surface area contributed by atoms with Gasteiger partial charge in [0, 0.05) is 6.04 Å². The molecular formula is C15H26N2S. The molecule has 0 saturated carbocycles. The minimum absolute atomic E-state index is 0.186. The second kappa shape index (κ2) is 9.42. The van der Waals surface area contributed by atoms with Crippen molar-refractivity contribution >= 4 is 11.8 Å². The van der Waals surface area contributed by atoms with Crippen LogP contribution in [0, 0.1) is 0 Å². The zero-order chi connectivity index (χ0) is 13.2. The smallest absolute Gasteiger partial charge is 0.0295 e. The fraction of sp³-hybridized carbons (Fsp3) is 0.600. The molecule has 18 heavy (non-hydrogen) atoms. The molecule has 0 aromatic heterocycles. The Kier molecular flexibility index (Phi) is 8.14. The summed E-state index contributed by atoms with van der Waals surface area (Å²) in [6, 6.07) is 10.6. The van der Waals surface area contributed by atoms with E-state index >= 15 is 0 Å². The standard InChI is InChI=1S/C15H26N2S/c1-17(12-7-13-18-2)11-6-10-15(16)14-8-4-3-5-9-14/h3-5,8-9,15H,6-7,10-13,16H2,1-2H3. The van der Waals surface area contributed by atoms with E-state index < -0.39 is 0 Å². The molecule has 0 radical (unpaired) electrons. The van der Waals surface area contributed by atoms with Gasteiger partial charge >= 0.3 is 0 Å². The van der Waals surface area contributed by atoms with Crippen molar-refractivity contribution in [2.45, 2.75) is 25.3 Å². The molecule has 1 atom stereocenters. The van der Waals surface area contributed by atoms with Crippen LogP contribution in [0.4, 0.5) is 0 Å². The third-order valence-electron chi connectivity index (χ3n) is 3.17. The van der Waals surface area contributed by atoms with Crippen LogP contribution in [0.1, 0.15) is 30.9 Å². The molecule has 1 aromatic rings. The molecule has 3 heteroatoms. The van der Waals surface area contributed by atoms with Crippen LogP contribution in [0.25, 0.3) is 0 Å². The summed E-state index contributed by atoms with van der Waals surface area (Å²) in [5, 5.41) is 0. The summed E-state index contributed by atoms with van der Waals surface area (Å²) in [5.74, 6) is 1.26. The first kappa shape index (κ1) is 15.5. The average molecular weight is 266 g/mol. The number of hydrogen-bond acceptors (Lipinski definition) is 3. The molecule has 0 aliphatic rings. The SMILES string of the molecule is CSCCCN(C)CCCC(N)c1ccccc1.